The molecule has 2 aromatic rings. The van der Waals surface area contributed by atoms with Crippen LogP contribution in [0.5, 0.6) is 5.75 Å². The van der Waals surface area contributed by atoms with Crippen LogP contribution in [0.2, 0.25) is 10.0 Å². The molecule has 5 heteroatoms. The Morgan fingerprint density at radius 1 is 1.12 bits per heavy atom. The van der Waals surface area contributed by atoms with Crippen molar-refractivity contribution in [2.45, 2.75) is 33.2 Å². The second kappa shape index (κ2) is 9.12. The molecule has 1 amide bonds. The smallest absolute Gasteiger partial charge is 0.258 e. The minimum Gasteiger partial charge on any atom is -0.482 e. The highest BCUT2D eigenvalue weighted by Gasteiger charge is 2.18. The summed E-state index contributed by atoms with van der Waals surface area (Å²) in [6.07, 6.45) is 0.995. The zero-order valence-electron chi connectivity index (χ0n) is 14.7. The van der Waals surface area contributed by atoms with Crippen LogP contribution in [0.4, 0.5) is 0 Å². The topological polar surface area (TPSA) is 38.3 Å². The van der Waals surface area contributed by atoms with Gasteiger partial charge in [0.05, 0.1) is 11.1 Å². The number of rotatable bonds is 7. The lowest BCUT2D eigenvalue weighted by Crippen LogP contribution is -2.35. The number of halogens is 2. The maximum absolute atomic E-state index is 12.3. The average molecular weight is 380 g/mol. The van der Waals surface area contributed by atoms with E-state index in [1.165, 1.54) is 5.56 Å². The quantitative estimate of drug-likeness (QED) is 0.694. The molecule has 0 spiro atoms. The molecular weight excluding hydrogens is 357 g/mol. The van der Waals surface area contributed by atoms with E-state index in [0.29, 0.717) is 15.8 Å². The van der Waals surface area contributed by atoms with Gasteiger partial charge in [0.2, 0.25) is 0 Å². The molecule has 0 fully saturated rings. The highest BCUT2D eigenvalue weighted by Crippen LogP contribution is 2.27. The Morgan fingerprint density at radius 2 is 1.80 bits per heavy atom. The summed E-state index contributed by atoms with van der Waals surface area (Å²) in [5.74, 6) is 0.509. The third-order valence-corrected chi connectivity index (χ3v) is 4.51. The molecule has 134 valence electrons. The largest absolute Gasteiger partial charge is 0.482 e. The van der Waals surface area contributed by atoms with Crippen LogP contribution in [-0.2, 0) is 11.2 Å². The SMILES string of the molecule is CCc1ccc([C@H](NC(=O)COc2ccc(Cl)cc2Cl)C(C)C)cc1. The maximum Gasteiger partial charge on any atom is 0.258 e. The lowest BCUT2D eigenvalue weighted by Gasteiger charge is -2.23. The molecule has 0 heterocycles. The number of ether oxygens (including phenoxy) is 1. The number of aryl methyl sites for hydroxylation is 1. The van der Waals surface area contributed by atoms with Gasteiger partial charge in [-0.25, -0.2) is 0 Å². The Morgan fingerprint density at radius 3 is 2.36 bits per heavy atom. The van der Waals surface area contributed by atoms with Crippen LogP contribution in [0.15, 0.2) is 42.5 Å². The van der Waals surface area contributed by atoms with E-state index in [0.717, 1.165) is 12.0 Å². The fraction of sp³-hybridized carbons (Fsp3) is 0.350. The molecule has 1 N–H and O–H groups in total. The third kappa shape index (κ3) is 5.65. The van der Waals surface area contributed by atoms with E-state index < -0.39 is 0 Å². The highest BCUT2D eigenvalue weighted by atomic mass is 35.5. The Hall–Kier alpha value is -1.71. The van der Waals surface area contributed by atoms with E-state index in [4.69, 9.17) is 27.9 Å². The summed E-state index contributed by atoms with van der Waals surface area (Å²) in [5.41, 5.74) is 2.36. The standard InChI is InChI=1S/C20H23Cl2NO2/c1-4-14-5-7-15(8-6-14)20(13(2)3)23-19(24)12-25-18-10-9-16(21)11-17(18)22/h5-11,13,20H,4,12H2,1-3H3,(H,23,24)/t20-/m1/s1. The van der Waals surface area contributed by atoms with Crippen LogP contribution in [0.1, 0.15) is 37.9 Å². The lowest BCUT2D eigenvalue weighted by atomic mass is 9.95. The van der Waals surface area contributed by atoms with Gasteiger partial charge in [-0.15, -0.1) is 0 Å². The molecule has 0 bridgehead atoms. The molecule has 3 nitrogen and oxygen atoms in total. The van der Waals surface area contributed by atoms with Gasteiger partial charge in [-0.05, 0) is 41.7 Å². The molecule has 25 heavy (non-hydrogen) atoms. The van der Waals surface area contributed by atoms with Crippen molar-refractivity contribution in [3.8, 4) is 5.75 Å². The molecule has 0 radical (unpaired) electrons. The number of nitrogens with one attached hydrogen (secondary N) is 1. The molecule has 0 saturated carbocycles. The monoisotopic (exact) mass is 379 g/mol. The van der Waals surface area contributed by atoms with E-state index in [9.17, 15) is 4.79 Å². The van der Waals surface area contributed by atoms with Gasteiger partial charge in [-0.2, -0.15) is 0 Å². The summed E-state index contributed by atoms with van der Waals surface area (Å²) in [6, 6.07) is 13.2. The summed E-state index contributed by atoms with van der Waals surface area (Å²) in [7, 11) is 0. The van der Waals surface area contributed by atoms with Crippen molar-refractivity contribution in [2.75, 3.05) is 6.61 Å². The van der Waals surface area contributed by atoms with Gasteiger partial charge in [0.15, 0.2) is 6.61 Å². The van der Waals surface area contributed by atoms with Crippen molar-refractivity contribution < 1.29 is 9.53 Å². The van der Waals surface area contributed by atoms with Gasteiger partial charge in [0, 0.05) is 5.02 Å². The molecule has 0 unspecified atom stereocenters. The van der Waals surface area contributed by atoms with Gasteiger partial charge in [0.25, 0.3) is 5.91 Å². The summed E-state index contributed by atoms with van der Waals surface area (Å²) < 4.78 is 5.50. The summed E-state index contributed by atoms with van der Waals surface area (Å²) in [4.78, 5) is 12.3. The fourth-order valence-corrected chi connectivity index (χ4v) is 3.01. The number of carbonyl (C=O) groups is 1. The second-order valence-corrected chi connectivity index (χ2v) is 7.09. The molecule has 0 aliphatic rings. The first-order valence-electron chi connectivity index (χ1n) is 8.36. The van der Waals surface area contributed by atoms with E-state index in [1.807, 2.05) is 0 Å². The van der Waals surface area contributed by atoms with Gasteiger partial charge in [0.1, 0.15) is 5.75 Å². The lowest BCUT2D eigenvalue weighted by molar-refractivity contribution is -0.124. The van der Waals surface area contributed by atoms with E-state index in [-0.39, 0.29) is 24.5 Å². The first-order valence-corrected chi connectivity index (χ1v) is 9.12. The van der Waals surface area contributed by atoms with Crippen molar-refractivity contribution in [1.29, 1.82) is 0 Å². The minimum absolute atomic E-state index is 0.0669. The summed E-state index contributed by atoms with van der Waals surface area (Å²) in [6.45, 7) is 6.18. The van der Waals surface area contributed by atoms with Crippen LogP contribution >= 0.6 is 23.2 Å². The second-order valence-electron chi connectivity index (χ2n) is 6.25. The average Bonchev–Trinajstić information content (AvgIpc) is 2.59. The number of carbonyl (C=O) groups excluding carboxylic acids is 1. The van der Waals surface area contributed by atoms with Crippen molar-refractivity contribution in [1.82, 2.24) is 5.32 Å². The highest BCUT2D eigenvalue weighted by molar-refractivity contribution is 6.35. The number of hydrogen-bond donors (Lipinski definition) is 1. The van der Waals surface area contributed by atoms with Gasteiger partial charge >= 0.3 is 0 Å². The first-order chi connectivity index (χ1) is 11.9. The first kappa shape index (κ1) is 19.6. The Kier molecular flexibility index (Phi) is 7.15. The van der Waals surface area contributed by atoms with Crippen LogP contribution in [0.3, 0.4) is 0 Å². The molecule has 0 saturated heterocycles. The van der Waals surface area contributed by atoms with Gasteiger partial charge in [-0.3, -0.25) is 4.79 Å². The predicted molar refractivity (Wildman–Crippen MR) is 103 cm³/mol. The molecule has 2 rings (SSSR count). The molecule has 0 aromatic heterocycles. The van der Waals surface area contributed by atoms with Crippen molar-refractivity contribution in [3.63, 3.8) is 0 Å². The van der Waals surface area contributed by atoms with E-state index in [1.54, 1.807) is 18.2 Å². The molecule has 0 aliphatic heterocycles. The Bertz CT molecular complexity index is 714. The van der Waals surface area contributed by atoms with E-state index >= 15 is 0 Å². The number of benzene rings is 2. The Balaban J connectivity index is 1.99. The van der Waals surface area contributed by atoms with Crippen LogP contribution in [0.25, 0.3) is 0 Å². The zero-order valence-corrected chi connectivity index (χ0v) is 16.2. The number of amides is 1. The van der Waals surface area contributed by atoms with Gasteiger partial charge in [-0.1, -0.05) is 68.2 Å². The summed E-state index contributed by atoms with van der Waals surface area (Å²) >= 11 is 11.9. The number of hydrogen-bond acceptors (Lipinski definition) is 2. The third-order valence-electron chi connectivity index (χ3n) is 3.98. The molecule has 1 atom stereocenters. The van der Waals surface area contributed by atoms with Crippen molar-refractivity contribution >= 4 is 29.1 Å². The summed E-state index contributed by atoms with van der Waals surface area (Å²) in [5, 5.41) is 3.95. The zero-order chi connectivity index (χ0) is 18.4. The minimum atomic E-state index is -0.190. The van der Waals surface area contributed by atoms with E-state index in [2.05, 4.69) is 50.4 Å². The molecule has 2 aromatic carbocycles. The maximum atomic E-state index is 12.3. The van der Waals surface area contributed by atoms with Gasteiger partial charge < -0.3 is 10.1 Å². The predicted octanol–water partition coefficient (Wildman–Crippen LogP) is 5.45. The molecule has 0 aliphatic carbocycles. The molecular formula is C20H23Cl2NO2. The van der Waals surface area contributed by atoms with Crippen LogP contribution in [0, 0.1) is 5.92 Å². The van der Waals surface area contributed by atoms with Crippen LogP contribution in [-0.4, -0.2) is 12.5 Å². The normalized spacial score (nSPS) is 12.1. The van der Waals surface area contributed by atoms with Crippen molar-refractivity contribution in [2.24, 2.45) is 5.92 Å². The Labute approximate surface area is 159 Å². The fourth-order valence-electron chi connectivity index (χ4n) is 2.55. The van der Waals surface area contributed by atoms with Crippen LogP contribution < -0.4 is 10.1 Å². The van der Waals surface area contributed by atoms with Crippen molar-refractivity contribution in [3.05, 3.63) is 63.6 Å².